The van der Waals surface area contributed by atoms with Crippen molar-refractivity contribution in [1.29, 1.82) is 0 Å². The van der Waals surface area contributed by atoms with E-state index in [4.69, 9.17) is 6.42 Å². The smallest absolute Gasteiger partial charge is 0.120 e. The van der Waals surface area contributed by atoms with E-state index >= 15 is 0 Å². The quantitative estimate of drug-likeness (QED) is 0.537. The predicted molar refractivity (Wildman–Crippen MR) is 72.7 cm³/mol. The van der Waals surface area contributed by atoms with Crippen LogP contribution in [-0.2, 0) is 0 Å². The van der Waals surface area contributed by atoms with Crippen LogP contribution in [0.5, 0.6) is 0 Å². The number of fused-ring (bicyclic) bond motifs is 1. The summed E-state index contributed by atoms with van der Waals surface area (Å²) in [6.07, 6.45) is 7.22. The molecule has 0 amide bonds. The summed E-state index contributed by atoms with van der Waals surface area (Å²) in [5, 5.41) is 3.73. The Hall–Kier alpha value is -1.59. The largest absolute Gasteiger partial charge is 0.247 e. The number of hydrogen-bond donors (Lipinski definition) is 0. The lowest BCUT2D eigenvalue weighted by Crippen LogP contribution is -2.37. The molecule has 1 nitrogen and oxygen atoms in total. The zero-order chi connectivity index (χ0) is 11.8. The van der Waals surface area contributed by atoms with Gasteiger partial charge in [0.25, 0.3) is 0 Å². The number of hydrogen-bond acceptors (Lipinski definition) is 1. The molecule has 0 aliphatic carbocycles. The van der Waals surface area contributed by atoms with E-state index in [1.54, 1.807) is 6.20 Å². The maximum absolute atomic E-state index is 5.44. The standard InChI is InChI=1S/C14H15NSi/c1-5-14-13-7-6-12(16(2,3)4)10-11(13)8-9-15-14/h1,6-10H,2-4H3. The van der Waals surface area contributed by atoms with Crippen LogP contribution in [0.25, 0.3) is 10.8 Å². The normalized spacial score (nSPS) is 11.4. The maximum Gasteiger partial charge on any atom is 0.120 e. The molecule has 0 aliphatic rings. The van der Waals surface area contributed by atoms with Crippen molar-refractivity contribution in [3.05, 3.63) is 36.2 Å². The highest BCUT2D eigenvalue weighted by Gasteiger charge is 2.16. The molecule has 2 rings (SSSR count). The summed E-state index contributed by atoms with van der Waals surface area (Å²) in [6.45, 7) is 7.03. The topological polar surface area (TPSA) is 12.9 Å². The third kappa shape index (κ3) is 1.87. The Morgan fingerprint density at radius 3 is 2.56 bits per heavy atom. The van der Waals surface area contributed by atoms with Crippen molar-refractivity contribution < 1.29 is 0 Å². The van der Waals surface area contributed by atoms with Crippen LogP contribution in [0.4, 0.5) is 0 Å². The Bertz CT molecular complexity index is 573. The zero-order valence-electron chi connectivity index (χ0n) is 9.91. The molecule has 1 aromatic carbocycles. The third-order valence-electron chi connectivity index (χ3n) is 2.77. The summed E-state index contributed by atoms with van der Waals surface area (Å²) in [5.41, 5.74) is 0.736. The van der Waals surface area contributed by atoms with Crippen LogP contribution in [0.15, 0.2) is 30.5 Å². The molecule has 2 heteroatoms. The van der Waals surface area contributed by atoms with Gasteiger partial charge in [0.05, 0.1) is 8.07 Å². The van der Waals surface area contributed by atoms with Gasteiger partial charge in [0.15, 0.2) is 0 Å². The molecule has 0 N–H and O–H groups in total. The second-order valence-corrected chi connectivity index (χ2v) is 10.1. The van der Waals surface area contributed by atoms with Crippen molar-refractivity contribution in [3.8, 4) is 12.3 Å². The Morgan fingerprint density at radius 1 is 1.19 bits per heavy atom. The molecular weight excluding hydrogens is 210 g/mol. The third-order valence-corrected chi connectivity index (χ3v) is 4.81. The fourth-order valence-electron chi connectivity index (χ4n) is 1.76. The van der Waals surface area contributed by atoms with Gasteiger partial charge >= 0.3 is 0 Å². The fourth-order valence-corrected chi connectivity index (χ4v) is 2.93. The molecule has 0 spiro atoms. The highest BCUT2D eigenvalue weighted by atomic mass is 28.3. The minimum absolute atomic E-state index is 0.736. The molecule has 0 saturated heterocycles. The number of nitrogens with zero attached hydrogens (tertiary/aromatic N) is 1. The highest BCUT2D eigenvalue weighted by molar-refractivity contribution is 6.88. The summed E-state index contributed by atoms with van der Waals surface area (Å²) >= 11 is 0. The van der Waals surface area contributed by atoms with Gasteiger partial charge in [-0.15, -0.1) is 6.42 Å². The molecule has 0 aliphatic heterocycles. The first kappa shape index (κ1) is 10.9. The monoisotopic (exact) mass is 225 g/mol. The average molecular weight is 225 g/mol. The minimum Gasteiger partial charge on any atom is -0.247 e. The Kier molecular flexibility index (Phi) is 2.57. The van der Waals surface area contributed by atoms with Crippen molar-refractivity contribution in [3.63, 3.8) is 0 Å². The van der Waals surface area contributed by atoms with Gasteiger partial charge in [0.1, 0.15) is 5.69 Å². The van der Waals surface area contributed by atoms with Crippen LogP contribution in [0.2, 0.25) is 19.6 Å². The lowest BCUT2D eigenvalue weighted by Gasteiger charge is -2.17. The lowest BCUT2D eigenvalue weighted by molar-refractivity contribution is 1.32. The molecule has 80 valence electrons. The SMILES string of the molecule is C#Cc1nccc2cc([Si](C)(C)C)ccc12. The maximum atomic E-state index is 5.44. The molecule has 0 bridgehead atoms. The zero-order valence-corrected chi connectivity index (χ0v) is 10.9. The highest BCUT2D eigenvalue weighted by Crippen LogP contribution is 2.16. The molecule has 0 saturated carbocycles. The summed E-state index contributed by atoms with van der Waals surface area (Å²) in [5.74, 6) is 2.63. The summed E-state index contributed by atoms with van der Waals surface area (Å²) in [4.78, 5) is 4.19. The molecule has 1 aromatic heterocycles. The molecule has 16 heavy (non-hydrogen) atoms. The number of benzene rings is 1. The van der Waals surface area contributed by atoms with Crippen LogP contribution in [0.1, 0.15) is 5.69 Å². The van der Waals surface area contributed by atoms with Crippen LogP contribution in [0.3, 0.4) is 0 Å². The van der Waals surface area contributed by atoms with Crippen molar-refractivity contribution in [1.82, 2.24) is 4.98 Å². The fraction of sp³-hybridized carbons (Fsp3) is 0.214. The lowest BCUT2D eigenvalue weighted by atomic mass is 10.1. The van der Waals surface area contributed by atoms with E-state index in [0.717, 1.165) is 11.1 Å². The van der Waals surface area contributed by atoms with E-state index in [-0.39, 0.29) is 0 Å². The van der Waals surface area contributed by atoms with E-state index in [0.29, 0.717) is 0 Å². The first-order valence-corrected chi connectivity index (χ1v) is 8.88. The molecule has 0 radical (unpaired) electrons. The number of aromatic nitrogens is 1. The van der Waals surface area contributed by atoms with Crippen LogP contribution in [-0.4, -0.2) is 13.1 Å². The molecule has 0 fully saturated rings. The van der Waals surface area contributed by atoms with Crippen LogP contribution >= 0.6 is 0 Å². The van der Waals surface area contributed by atoms with Crippen molar-refractivity contribution in [2.24, 2.45) is 0 Å². The van der Waals surface area contributed by atoms with Crippen molar-refractivity contribution >= 4 is 24.0 Å². The van der Waals surface area contributed by atoms with E-state index in [1.165, 1.54) is 10.6 Å². The van der Waals surface area contributed by atoms with Gasteiger partial charge in [0, 0.05) is 11.6 Å². The first-order valence-electron chi connectivity index (χ1n) is 5.38. The van der Waals surface area contributed by atoms with Gasteiger partial charge < -0.3 is 0 Å². The van der Waals surface area contributed by atoms with E-state index in [9.17, 15) is 0 Å². The average Bonchev–Trinajstić information content (AvgIpc) is 2.26. The predicted octanol–water partition coefficient (Wildman–Crippen LogP) is 2.76. The molecule has 1 heterocycles. The van der Waals surface area contributed by atoms with Crippen LogP contribution < -0.4 is 5.19 Å². The summed E-state index contributed by atoms with van der Waals surface area (Å²) in [6, 6.07) is 8.58. The van der Waals surface area contributed by atoms with E-state index < -0.39 is 8.07 Å². The number of terminal acetylenes is 1. The Balaban J connectivity index is 2.71. The second-order valence-electron chi connectivity index (χ2n) is 4.99. The molecule has 0 atom stereocenters. The van der Waals surface area contributed by atoms with Crippen molar-refractivity contribution in [2.45, 2.75) is 19.6 Å². The molecular formula is C14H15NSi. The number of pyridine rings is 1. The van der Waals surface area contributed by atoms with Crippen molar-refractivity contribution in [2.75, 3.05) is 0 Å². The second kappa shape index (κ2) is 3.77. The van der Waals surface area contributed by atoms with Gasteiger partial charge in [-0.3, -0.25) is 0 Å². The van der Waals surface area contributed by atoms with E-state index in [2.05, 4.69) is 48.7 Å². The first-order chi connectivity index (χ1) is 7.52. The summed E-state index contributed by atoms with van der Waals surface area (Å²) in [7, 11) is -1.25. The van der Waals surface area contributed by atoms with Crippen LogP contribution in [0, 0.1) is 12.3 Å². The minimum atomic E-state index is -1.25. The Morgan fingerprint density at radius 2 is 1.94 bits per heavy atom. The van der Waals surface area contributed by atoms with Gasteiger partial charge in [-0.2, -0.15) is 0 Å². The van der Waals surface area contributed by atoms with Gasteiger partial charge in [-0.25, -0.2) is 4.98 Å². The van der Waals surface area contributed by atoms with E-state index in [1.807, 2.05) is 6.07 Å². The van der Waals surface area contributed by atoms with Gasteiger partial charge in [-0.1, -0.05) is 43.0 Å². The number of rotatable bonds is 1. The summed E-state index contributed by atoms with van der Waals surface area (Å²) < 4.78 is 0. The molecule has 2 aromatic rings. The Labute approximate surface area is 97.5 Å². The van der Waals surface area contributed by atoms with Gasteiger partial charge in [-0.05, 0) is 17.4 Å². The van der Waals surface area contributed by atoms with Gasteiger partial charge in [0.2, 0.25) is 0 Å². The molecule has 0 unspecified atom stereocenters.